The Morgan fingerprint density at radius 3 is 2.31 bits per heavy atom. The smallest absolute Gasteiger partial charge is 0.417 e. The first kappa shape index (κ1) is 23.4. The van der Waals surface area contributed by atoms with Gasteiger partial charge in [-0.3, -0.25) is 0 Å². The fourth-order valence-corrected chi connectivity index (χ4v) is 4.79. The predicted molar refractivity (Wildman–Crippen MR) is 110 cm³/mol. The minimum Gasteiger partial charge on any atom is -0.493 e. The Balaban J connectivity index is 2.07. The third-order valence-electron chi connectivity index (χ3n) is 4.43. The first-order chi connectivity index (χ1) is 15.1. The fraction of sp³-hybridized carbons (Fsp3) is 0.136. The summed E-state index contributed by atoms with van der Waals surface area (Å²) in [5.41, 5.74) is -1.39. The van der Waals surface area contributed by atoms with Crippen molar-refractivity contribution in [3.05, 3.63) is 82.4 Å². The molecule has 0 aliphatic carbocycles. The zero-order chi connectivity index (χ0) is 23.5. The van der Waals surface area contributed by atoms with E-state index in [1.54, 1.807) is 0 Å². The van der Waals surface area contributed by atoms with Crippen LogP contribution in [0.15, 0.2) is 70.5 Å². The van der Waals surface area contributed by atoms with Crippen LogP contribution in [0.25, 0.3) is 0 Å². The van der Waals surface area contributed by atoms with Gasteiger partial charge in [0.1, 0.15) is 17.6 Å². The van der Waals surface area contributed by atoms with E-state index < -0.39 is 42.0 Å². The van der Waals surface area contributed by atoms with Gasteiger partial charge < -0.3 is 9.47 Å². The topological polar surface area (TPSA) is 76.4 Å². The highest BCUT2D eigenvalue weighted by molar-refractivity contribution is 7.91. The van der Waals surface area contributed by atoms with E-state index >= 15 is 0 Å². The summed E-state index contributed by atoms with van der Waals surface area (Å²) < 4.78 is 77.9. The summed E-state index contributed by atoms with van der Waals surface area (Å²) in [4.78, 5) is -1.66. The highest BCUT2D eigenvalue weighted by Gasteiger charge is 2.40. The van der Waals surface area contributed by atoms with Crippen LogP contribution in [-0.2, 0) is 22.6 Å². The molecule has 0 spiro atoms. The van der Waals surface area contributed by atoms with Gasteiger partial charge in [-0.2, -0.15) is 18.4 Å². The van der Waals surface area contributed by atoms with Gasteiger partial charge in [0.05, 0.1) is 23.1 Å². The molecule has 0 bridgehead atoms. The second-order valence-electron chi connectivity index (χ2n) is 6.53. The van der Waals surface area contributed by atoms with Crippen molar-refractivity contribution in [3.63, 3.8) is 0 Å². The maximum atomic E-state index is 13.6. The van der Waals surface area contributed by atoms with Crippen molar-refractivity contribution < 1.29 is 31.1 Å². The molecule has 3 aromatic carbocycles. The summed E-state index contributed by atoms with van der Waals surface area (Å²) in [6, 6.07) is 15.4. The Morgan fingerprint density at radius 1 is 1.03 bits per heavy atom. The van der Waals surface area contributed by atoms with E-state index in [1.807, 2.05) is 30.3 Å². The molecule has 0 amide bonds. The molecule has 0 unspecified atom stereocenters. The first-order valence-electron chi connectivity index (χ1n) is 8.98. The Kier molecular flexibility index (Phi) is 6.67. The van der Waals surface area contributed by atoms with Gasteiger partial charge in [0.15, 0.2) is 11.5 Å². The van der Waals surface area contributed by atoms with Crippen LogP contribution in [0.2, 0.25) is 5.02 Å². The highest BCUT2D eigenvalue weighted by Crippen LogP contribution is 2.41. The van der Waals surface area contributed by atoms with Crippen LogP contribution in [0.3, 0.4) is 0 Å². The van der Waals surface area contributed by atoms with E-state index in [4.69, 9.17) is 21.1 Å². The molecule has 0 saturated carbocycles. The molecule has 166 valence electrons. The number of hydrogen-bond donors (Lipinski definition) is 0. The molecule has 0 fully saturated rings. The molecule has 0 heterocycles. The van der Waals surface area contributed by atoms with E-state index in [9.17, 15) is 26.9 Å². The second kappa shape index (κ2) is 9.10. The van der Waals surface area contributed by atoms with E-state index in [1.165, 1.54) is 19.2 Å². The number of rotatable bonds is 6. The predicted octanol–water partition coefficient (Wildman–Crippen LogP) is 5.65. The molecule has 0 aromatic heterocycles. The lowest BCUT2D eigenvalue weighted by molar-refractivity contribution is -0.139. The summed E-state index contributed by atoms with van der Waals surface area (Å²) >= 11 is 5.67. The summed E-state index contributed by atoms with van der Waals surface area (Å²) in [6.07, 6.45) is -5.05. The van der Waals surface area contributed by atoms with E-state index in [2.05, 4.69) is 0 Å². The zero-order valence-corrected chi connectivity index (χ0v) is 18.1. The van der Waals surface area contributed by atoms with Crippen molar-refractivity contribution >= 4 is 21.4 Å². The second-order valence-corrected chi connectivity index (χ2v) is 8.85. The lowest BCUT2D eigenvalue weighted by Gasteiger charge is -2.17. The molecule has 0 radical (unpaired) electrons. The standard InChI is InChI=1S/C22H15ClF3NO4S/c1-30-20-11-17(7-8-19(20)31-13-14-5-3-2-4-6-14)32(28,29)21-15(12-27)9-16(23)10-18(21)22(24,25)26/h2-11H,13H2,1H3. The van der Waals surface area contributed by atoms with Gasteiger partial charge in [-0.25, -0.2) is 8.42 Å². The van der Waals surface area contributed by atoms with Crippen LogP contribution in [-0.4, -0.2) is 15.5 Å². The Morgan fingerprint density at radius 2 is 1.72 bits per heavy atom. The van der Waals surface area contributed by atoms with Crippen molar-refractivity contribution in [2.75, 3.05) is 7.11 Å². The van der Waals surface area contributed by atoms with Gasteiger partial charge in [-0.15, -0.1) is 0 Å². The first-order valence-corrected chi connectivity index (χ1v) is 10.8. The molecule has 3 aromatic rings. The number of methoxy groups -OCH3 is 1. The Hall–Kier alpha value is -3.22. The molecule has 0 N–H and O–H groups in total. The van der Waals surface area contributed by atoms with Crippen molar-refractivity contribution in [1.29, 1.82) is 5.26 Å². The molecule has 0 saturated heterocycles. The average Bonchev–Trinajstić information content (AvgIpc) is 2.76. The summed E-state index contributed by atoms with van der Waals surface area (Å²) in [5.74, 6) is 0.200. The molecule has 0 aliphatic rings. The van der Waals surface area contributed by atoms with Gasteiger partial charge in [-0.1, -0.05) is 41.9 Å². The molecule has 0 atom stereocenters. The highest BCUT2D eigenvalue weighted by atomic mass is 35.5. The van der Waals surface area contributed by atoms with Crippen LogP contribution < -0.4 is 9.47 Å². The summed E-state index contributed by atoms with van der Waals surface area (Å²) in [7, 11) is -3.50. The molecule has 32 heavy (non-hydrogen) atoms. The SMILES string of the molecule is COc1cc(S(=O)(=O)c2c(C#N)cc(Cl)cc2C(F)(F)F)ccc1OCc1ccccc1. The number of alkyl halides is 3. The monoisotopic (exact) mass is 481 g/mol. The number of ether oxygens (including phenoxy) is 2. The molecule has 10 heteroatoms. The number of halogens is 4. The van der Waals surface area contributed by atoms with Crippen LogP contribution >= 0.6 is 11.6 Å². The number of hydrogen-bond acceptors (Lipinski definition) is 5. The lowest BCUT2D eigenvalue weighted by atomic mass is 10.1. The number of sulfone groups is 1. The van der Waals surface area contributed by atoms with Crippen molar-refractivity contribution in [2.24, 2.45) is 0 Å². The maximum Gasteiger partial charge on any atom is 0.417 e. The summed E-state index contributed by atoms with van der Waals surface area (Å²) in [6.45, 7) is 0.164. The van der Waals surface area contributed by atoms with Gasteiger partial charge in [0.2, 0.25) is 9.84 Å². The molecular formula is C22H15ClF3NO4S. The number of nitriles is 1. The van der Waals surface area contributed by atoms with Crippen molar-refractivity contribution in [2.45, 2.75) is 22.6 Å². The van der Waals surface area contributed by atoms with E-state index in [0.717, 1.165) is 23.8 Å². The Bertz CT molecular complexity index is 1290. The molecular weight excluding hydrogens is 467 g/mol. The molecule has 3 rings (SSSR count). The van der Waals surface area contributed by atoms with Crippen LogP contribution in [0.4, 0.5) is 13.2 Å². The maximum absolute atomic E-state index is 13.6. The van der Waals surface area contributed by atoms with Crippen molar-refractivity contribution in [1.82, 2.24) is 0 Å². The minimum absolute atomic E-state index is 0.00281. The average molecular weight is 482 g/mol. The molecule has 5 nitrogen and oxygen atoms in total. The number of benzene rings is 3. The van der Waals surface area contributed by atoms with Gasteiger partial charge in [-0.05, 0) is 29.8 Å². The molecule has 0 aliphatic heterocycles. The third kappa shape index (κ3) is 4.82. The fourth-order valence-electron chi connectivity index (χ4n) is 2.96. The van der Waals surface area contributed by atoms with E-state index in [0.29, 0.717) is 6.07 Å². The normalized spacial score (nSPS) is 11.6. The summed E-state index contributed by atoms with van der Waals surface area (Å²) in [5, 5.41) is 8.87. The lowest BCUT2D eigenvalue weighted by Crippen LogP contribution is -2.15. The van der Waals surface area contributed by atoms with Crippen LogP contribution in [0, 0.1) is 11.3 Å². The number of nitrogens with zero attached hydrogens (tertiary/aromatic N) is 1. The van der Waals surface area contributed by atoms with Crippen LogP contribution in [0.1, 0.15) is 16.7 Å². The van der Waals surface area contributed by atoms with Crippen molar-refractivity contribution in [3.8, 4) is 17.6 Å². The van der Waals surface area contributed by atoms with Crippen LogP contribution in [0.5, 0.6) is 11.5 Å². The third-order valence-corrected chi connectivity index (χ3v) is 6.50. The Labute approximate surface area is 187 Å². The minimum atomic E-state index is -5.05. The van der Waals surface area contributed by atoms with Gasteiger partial charge in [0.25, 0.3) is 0 Å². The zero-order valence-electron chi connectivity index (χ0n) is 16.5. The van der Waals surface area contributed by atoms with E-state index in [-0.39, 0.29) is 18.1 Å². The van der Waals surface area contributed by atoms with Gasteiger partial charge in [0, 0.05) is 11.1 Å². The quantitative estimate of drug-likeness (QED) is 0.454. The van der Waals surface area contributed by atoms with Gasteiger partial charge >= 0.3 is 6.18 Å². The largest absolute Gasteiger partial charge is 0.493 e.